The third-order valence-electron chi connectivity index (χ3n) is 4.44. The molecule has 1 saturated carbocycles. The van der Waals surface area contributed by atoms with E-state index in [1.165, 1.54) is 32.4 Å². The summed E-state index contributed by atoms with van der Waals surface area (Å²) >= 11 is 0. The minimum Gasteiger partial charge on any atom is -0.338 e. The molecule has 1 aromatic heterocycles. The van der Waals surface area contributed by atoms with Crippen molar-refractivity contribution in [2.45, 2.75) is 45.1 Å². The quantitative estimate of drug-likeness (QED) is 0.834. The number of hydrogen-bond acceptors (Lipinski definition) is 4. The van der Waals surface area contributed by atoms with Gasteiger partial charge in [0.1, 0.15) is 0 Å². The molecule has 1 saturated heterocycles. The van der Waals surface area contributed by atoms with Crippen LogP contribution in [-0.2, 0) is 0 Å². The van der Waals surface area contributed by atoms with Gasteiger partial charge in [-0.15, -0.1) is 0 Å². The molecule has 0 bridgehead atoms. The Morgan fingerprint density at radius 2 is 1.89 bits per heavy atom. The molecular formula is C15H24N4. The summed E-state index contributed by atoms with van der Waals surface area (Å²) in [6, 6.07) is 2.89. The first-order valence-electron chi connectivity index (χ1n) is 7.56. The van der Waals surface area contributed by atoms with Crippen molar-refractivity contribution in [1.82, 2.24) is 14.9 Å². The second-order valence-electron chi connectivity index (χ2n) is 6.04. The zero-order valence-electron chi connectivity index (χ0n) is 12.0. The zero-order chi connectivity index (χ0) is 13.2. The molecule has 2 heterocycles. The Hall–Kier alpha value is -1.16. The van der Waals surface area contributed by atoms with Gasteiger partial charge in [0.2, 0.25) is 5.95 Å². The molecule has 4 heteroatoms. The van der Waals surface area contributed by atoms with Crippen LogP contribution < -0.4 is 4.90 Å². The van der Waals surface area contributed by atoms with Crippen molar-refractivity contribution in [3.05, 3.63) is 18.0 Å². The summed E-state index contributed by atoms with van der Waals surface area (Å²) in [6.07, 6.45) is 6.12. The Morgan fingerprint density at radius 1 is 1.16 bits per heavy atom. The normalized spacial score (nSPS) is 21.7. The largest absolute Gasteiger partial charge is 0.338 e. The molecule has 0 N–H and O–H groups in total. The van der Waals surface area contributed by atoms with E-state index in [9.17, 15) is 0 Å². The van der Waals surface area contributed by atoms with E-state index in [4.69, 9.17) is 4.98 Å². The maximum absolute atomic E-state index is 4.70. The fourth-order valence-corrected chi connectivity index (χ4v) is 2.87. The Morgan fingerprint density at radius 3 is 2.47 bits per heavy atom. The summed E-state index contributed by atoms with van der Waals surface area (Å²) in [5, 5.41) is 0. The van der Waals surface area contributed by atoms with E-state index in [0.29, 0.717) is 5.92 Å². The van der Waals surface area contributed by atoms with Crippen LogP contribution in [0.4, 0.5) is 5.95 Å². The van der Waals surface area contributed by atoms with Crippen LogP contribution in [-0.4, -0.2) is 47.1 Å². The highest BCUT2D eigenvalue weighted by Gasteiger charge is 2.28. The number of anilines is 1. The van der Waals surface area contributed by atoms with E-state index in [1.54, 1.807) is 0 Å². The van der Waals surface area contributed by atoms with E-state index >= 15 is 0 Å². The molecule has 0 unspecified atom stereocenters. The van der Waals surface area contributed by atoms with Gasteiger partial charge in [-0.25, -0.2) is 9.97 Å². The van der Waals surface area contributed by atoms with Crippen LogP contribution in [0.2, 0.25) is 0 Å². The smallest absolute Gasteiger partial charge is 0.225 e. The Bertz CT molecular complexity index is 420. The molecule has 0 spiro atoms. The first-order valence-corrected chi connectivity index (χ1v) is 7.56. The minimum absolute atomic E-state index is 0.470. The van der Waals surface area contributed by atoms with Crippen molar-refractivity contribution in [3.8, 4) is 0 Å². The van der Waals surface area contributed by atoms with Gasteiger partial charge >= 0.3 is 0 Å². The molecule has 0 amide bonds. The van der Waals surface area contributed by atoms with Crippen LogP contribution in [0.5, 0.6) is 0 Å². The minimum atomic E-state index is 0.470. The molecule has 0 atom stereocenters. The average molecular weight is 260 g/mol. The molecule has 2 aliphatic rings. The van der Waals surface area contributed by atoms with Gasteiger partial charge in [0, 0.05) is 44.1 Å². The van der Waals surface area contributed by atoms with Crippen molar-refractivity contribution < 1.29 is 0 Å². The number of nitrogens with zero attached hydrogens (tertiary/aromatic N) is 4. The summed E-state index contributed by atoms with van der Waals surface area (Å²) in [5.41, 5.74) is 1.14. The number of aromatic nitrogens is 2. The number of rotatable bonds is 3. The van der Waals surface area contributed by atoms with Crippen molar-refractivity contribution in [2.75, 3.05) is 31.1 Å². The van der Waals surface area contributed by atoms with Gasteiger partial charge < -0.3 is 4.90 Å². The summed E-state index contributed by atoms with van der Waals surface area (Å²) < 4.78 is 0. The van der Waals surface area contributed by atoms with Crippen molar-refractivity contribution in [2.24, 2.45) is 0 Å². The Balaban J connectivity index is 1.62. The molecule has 0 radical (unpaired) electrons. The van der Waals surface area contributed by atoms with Crippen LogP contribution in [0.1, 0.15) is 44.7 Å². The van der Waals surface area contributed by atoms with Crippen molar-refractivity contribution >= 4 is 5.95 Å². The fraction of sp³-hybridized carbons (Fsp3) is 0.733. The zero-order valence-corrected chi connectivity index (χ0v) is 12.0. The monoisotopic (exact) mass is 260 g/mol. The lowest BCUT2D eigenvalue weighted by Crippen LogP contribution is -2.52. The summed E-state index contributed by atoms with van der Waals surface area (Å²) in [7, 11) is 0. The molecule has 3 rings (SSSR count). The third kappa shape index (κ3) is 2.73. The Kier molecular flexibility index (Phi) is 3.69. The fourth-order valence-electron chi connectivity index (χ4n) is 2.87. The van der Waals surface area contributed by atoms with E-state index in [2.05, 4.69) is 28.6 Å². The molecule has 2 fully saturated rings. The second-order valence-corrected chi connectivity index (χ2v) is 6.04. The lowest BCUT2D eigenvalue weighted by molar-refractivity contribution is 0.120. The van der Waals surface area contributed by atoms with E-state index in [1.807, 2.05) is 12.3 Å². The van der Waals surface area contributed by atoms with Gasteiger partial charge in [0.15, 0.2) is 0 Å². The molecule has 0 aromatic carbocycles. The van der Waals surface area contributed by atoms with Gasteiger partial charge in [-0.1, -0.05) is 20.3 Å². The highest BCUT2D eigenvalue weighted by atomic mass is 15.3. The highest BCUT2D eigenvalue weighted by molar-refractivity contribution is 5.31. The standard InChI is InChI=1S/C15H24N4/c1-12(2)14-6-7-16-15(17-14)19-10-8-18(9-11-19)13-4-3-5-13/h6-7,12-13H,3-5,8-11H2,1-2H3. The summed E-state index contributed by atoms with van der Waals surface area (Å²) in [4.78, 5) is 14.1. The average Bonchev–Trinajstić information content (AvgIpc) is 2.38. The first-order chi connectivity index (χ1) is 9.24. The van der Waals surface area contributed by atoms with Gasteiger partial charge in [-0.3, -0.25) is 4.90 Å². The molecule has 4 nitrogen and oxygen atoms in total. The predicted octanol–water partition coefficient (Wildman–Crippen LogP) is 2.27. The van der Waals surface area contributed by atoms with E-state index < -0.39 is 0 Å². The second kappa shape index (κ2) is 5.45. The SMILES string of the molecule is CC(C)c1ccnc(N2CCN(C3CCC3)CC2)n1. The van der Waals surface area contributed by atoms with Crippen LogP contribution in [0, 0.1) is 0 Å². The lowest BCUT2D eigenvalue weighted by Gasteiger charge is -2.42. The molecule has 104 valence electrons. The van der Waals surface area contributed by atoms with Crippen LogP contribution in [0.25, 0.3) is 0 Å². The Labute approximate surface area is 115 Å². The van der Waals surface area contributed by atoms with Crippen LogP contribution >= 0.6 is 0 Å². The number of hydrogen-bond donors (Lipinski definition) is 0. The summed E-state index contributed by atoms with van der Waals surface area (Å²) in [6.45, 7) is 8.83. The lowest BCUT2D eigenvalue weighted by atomic mass is 9.91. The van der Waals surface area contributed by atoms with Gasteiger partial charge in [-0.05, 0) is 24.8 Å². The molecular weight excluding hydrogens is 236 g/mol. The first kappa shape index (κ1) is 12.9. The number of piperazine rings is 1. The molecule has 1 aliphatic carbocycles. The van der Waals surface area contributed by atoms with Gasteiger partial charge in [0.25, 0.3) is 0 Å². The van der Waals surface area contributed by atoms with E-state index in [-0.39, 0.29) is 0 Å². The van der Waals surface area contributed by atoms with Crippen LogP contribution in [0.15, 0.2) is 12.3 Å². The molecule has 1 aliphatic heterocycles. The maximum atomic E-state index is 4.70. The van der Waals surface area contributed by atoms with E-state index in [0.717, 1.165) is 30.8 Å². The van der Waals surface area contributed by atoms with Crippen molar-refractivity contribution in [3.63, 3.8) is 0 Å². The van der Waals surface area contributed by atoms with Crippen LogP contribution in [0.3, 0.4) is 0 Å². The highest BCUT2D eigenvalue weighted by Crippen LogP contribution is 2.26. The maximum Gasteiger partial charge on any atom is 0.225 e. The van der Waals surface area contributed by atoms with Gasteiger partial charge in [0.05, 0.1) is 0 Å². The summed E-state index contributed by atoms with van der Waals surface area (Å²) in [5.74, 6) is 1.39. The van der Waals surface area contributed by atoms with Crippen molar-refractivity contribution in [1.29, 1.82) is 0 Å². The van der Waals surface area contributed by atoms with Gasteiger partial charge in [-0.2, -0.15) is 0 Å². The predicted molar refractivity (Wildman–Crippen MR) is 77.5 cm³/mol. The topological polar surface area (TPSA) is 32.3 Å². The third-order valence-corrected chi connectivity index (χ3v) is 4.44. The molecule has 1 aromatic rings. The molecule has 19 heavy (non-hydrogen) atoms.